The van der Waals surface area contributed by atoms with Crippen LogP contribution in [-0.2, 0) is 4.79 Å². The molecule has 2 N–H and O–H groups in total. The Balaban J connectivity index is 2.03. The highest BCUT2D eigenvalue weighted by molar-refractivity contribution is 6.04. The van der Waals surface area contributed by atoms with E-state index in [-0.39, 0.29) is 11.8 Å². The highest BCUT2D eigenvalue weighted by Gasteiger charge is 2.14. The van der Waals surface area contributed by atoms with Crippen LogP contribution in [0.15, 0.2) is 48.5 Å². The van der Waals surface area contributed by atoms with Crippen molar-refractivity contribution in [3.05, 3.63) is 59.7 Å². The highest BCUT2D eigenvalue weighted by Crippen LogP contribution is 2.17. The van der Waals surface area contributed by atoms with Gasteiger partial charge in [-0.25, -0.2) is 4.79 Å². The predicted molar refractivity (Wildman–Crippen MR) is 110 cm³/mol. The fourth-order valence-electron chi connectivity index (χ4n) is 2.81. The summed E-state index contributed by atoms with van der Waals surface area (Å²) in [6.07, 6.45) is 1.80. The molecule has 0 aliphatic carbocycles. The van der Waals surface area contributed by atoms with Gasteiger partial charge in [0, 0.05) is 29.9 Å². The average Bonchev–Trinajstić information content (AvgIpc) is 2.72. The molecule has 0 aromatic heterocycles. The van der Waals surface area contributed by atoms with Gasteiger partial charge in [0.15, 0.2) is 6.61 Å². The van der Waals surface area contributed by atoms with Gasteiger partial charge in [-0.3, -0.25) is 9.59 Å². The van der Waals surface area contributed by atoms with Crippen molar-refractivity contribution in [2.45, 2.75) is 26.7 Å². The van der Waals surface area contributed by atoms with E-state index in [0.29, 0.717) is 35.7 Å². The molecule has 0 aliphatic heterocycles. The zero-order valence-corrected chi connectivity index (χ0v) is 16.7. The first-order chi connectivity index (χ1) is 13.9. The van der Waals surface area contributed by atoms with Crippen molar-refractivity contribution in [2.75, 3.05) is 25.0 Å². The third-order valence-corrected chi connectivity index (χ3v) is 4.12. The van der Waals surface area contributed by atoms with Crippen LogP contribution in [0.5, 0.6) is 5.75 Å². The van der Waals surface area contributed by atoms with Crippen molar-refractivity contribution in [3.8, 4) is 5.75 Å². The molecule has 0 bridgehead atoms. The van der Waals surface area contributed by atoms with Gasteiger partial charge in [-0.05, 0) is 55.3 Å². The van der Waals surface area contributed by atoms with Crippen LogP contribution < -0.4 is 10.1 Å². The van der Waals surface area contributed by atoms with Gasteiger partial charge in [0.25, 0.3) is 11.8 Å². The third-order valence-electron chi connectivity index (χ3n) is 4.12. The smallest absolute Gasteiger partial charge is 0.341 e. The minimum Gasteiger partial charge on any atom is -0.482 e. The van der Waals surface area contributed by atoms with Crippen LogP contribution in [0.25, 0.3) is 0 Å². The summed E-state index contributed by atoms with van der Waals surface area (Å²) in [6, 6.07) is 13.0. The van der Waals surface area contributed by atoms with E-state index in [0.717, 1.165) is 12.8 Å². The van der Waals surface area contributed by atoms with Crippen molar-refractivity contribution in [3.63, 3.8) is 0 Å². The number of aliphatic carboxylic acids is 1. The number of carboxylic acids is 1. The number of ether oxygens (including phenoxy) is 1. The Morgan fingerprint density at radius 3 is 2.21 bits per heavy atom. The van der Waals surface area contributed by atoms with Crippen LogP contribution in [0.2, 0.25) is 0 Å². The lowest BCUT2D eigenvalue weighted by Gasteiger charge is -2.21. The quantitative estimate of drug-likeness (QED) is 0.637. The van der Waals surface area contributed by atoms with Crippen molar-refractivity contribution in [2.24, 2.45) is 0 Å². The molecule has 0 radical (unpaired) electrons. The van der Waals surface area contributed by atoms with E-state index < -0.39 is 12.6 Å². The number of amides is 2. The van der Waals surface area contributed by atoms with Crippen molar-refractivity contribution < 1.29 is 24.2 Å². The number of anilines is 1. The second kappa shape index (κ2) is 10.8. The number of nitrogens with one attached hydrogen (secondary N) is 1. The van der Waals surface area contributed by atoms with Crippen molar-refractivity contribution in [1.82, 2.24) is 4.90 Å². The summed E-state index contributed by atoms with van der Waals surface area (Å²) < 4.78 is 5.09. The molecule has 29 heavy (non-hydrogen) atoms. The van der Waals surface area contributed by atoms with E-state index in [9.17, 15) is 14.4 Å². The first-order valence-electron chi connectivity index (χ1n) is 9.60. The molecule has 154 valence electrons. The van der Waals surface area contributed by atoms with Crippen LogP contribution in [0, 0.1) is 0 Å². The van der Waals surface area contributed by atoms with Gasteiger partial charge >= 0.3 is 5.97 Å². The third kappa shape index (κ3) is 6.64. The summed E-state index contributed by atoms with van der Waals surface area (Å²) >= 11 is 0. The SMILES string of the molecule is CCCN(CCC)C(=O)c1ccc(NC(=O)c2cccc(OCC(=O)O)c2)cc1. The topological polar surface area (TPSA) is 95.9 Å². The Hall–Kier alpha value is -3.35. The van der Waals surface area contributed by atoms with Gasteiger partial charge in [-0.1, -0.05) is 19.9 Å². The lowest BCUT2D eigenvalue weighted by molar-refractivity contribution is -0.139. The molecule has 0 aliphatic rings. The van der Waals surface area contributed by atoms with E-state index >= 15 is 0 Å². The fraction of sp³-hybridized carbons (Fsp3) is 0.318. The Labute approximate surface area is 170 Å². The summed E-state index contributed by atoms with van der Waals surface area (Å²) in [4.78, 5) is 37.5. The van der Waals surface area contributed by atoms with Gasteiger partial charge in [-0.15, -0.1) is 0 Å². The van der Waals surface area contributed by atoms with Crippen LogP contribution in [0.3, 0.4) is 0 Å². The summed E-state index contributed by atoms with van der Waals surface area (Å²) in [5.74, 6) is -1.17. The summed E-state index contributed by atoms with van der Waals surface area (Å²) in [7, 11) is 0. The lowest BCUT2D eigenvalue weighted by atomic mass is 10.1. The molecule has 2 aromatic rings. The lowest BCUT2D eigenvalue weighted by Crippen LogP contribution is -2.32. The number of rotatable bonds is 10. The first-order valence-corrected chi connectivity index (χ1v) is 9.60. The monoisotopic (exact) mass is 398 g/mol. The molecule has 0 fully saturated rings. The molecule has 0 spiro atoms. The highest BCUT2D eigenvalue weighted by atomic mass is 16.5. The summed E-state index contributed by atoms with van der Waals surface area (Å²) in [5, 5.41) is 11.4. The largest absolute Gasteiger partial charge is 0.482 e. The second-order valence-electron chi connectivity index (χ2n) is 6.53. The number of carboxylic acid groups (broad SMARTS) is 1. The van der Waals surface area contributed by atoms with Gasteiger partial charge in [-0.2, -0.15) is 0 Å². The second-order valence-corrected chi connectivity index (χ2v) is 6.53. The minimum absolute atomic E-state index is 0.0187. The molecule has 2 aromatic carbocycles. The average molecular weight is 398 g/mol. The Kier molecular flexibility index (Phi) is 8.21. The van der Waals surface area contributed by atoms with E-state index in [1.54, 1.807) is 42.5 Å². The molecular weight excluding hydrogens is 372 g/mol. The first kappa shape index (κ1) is 21.9. The van der Waals surface area contributed by atoms with E-state index in [2.05, 4.69) is 5.32 Å². The summed E-state index contributed by atoms with van der Waals surface area (Å²) in [6.45, 7) is 5.02. The molecular formula is C22H26N2O5. The van der Waals surface area contributed by atoms with E-state index in [1.165, 1.54) is 6.07 Å². The maximum Gasteiger partial charge on any atom is 0.341 e. The number of benzene rings is 2. The maximum absolute atomic E-state index is 12.6. The minimum atomic E-state index is -1.09. The van der Waals surface area contributed by atoms with Gasteiger partial charge in [0.1, 0.15) is 5.75 Å². The molecule has 0 atom stereocenters. The van der Waals surface area contributed by atoms with Crippen molar-refractivity contribution >= 4 is 23.5 Å². The number of nitrogens with zero attached hydrogens (tertiary/aromatic N) is 1. The normalized spacial score (nSPS) is 10.3. The molecule has 0 unspecified atom stereocenters. The maximum atomic E-state index is 12.6. The van der Waals surface area contributed by atoms with Crippen LogP contribution >= 0.6 is 0 Å². The molecule has 0 heterocycles. The molecule has 7 heteroatoms. The standard InChI is InChI=1S/C22H26N2O5/c1-3-12-24(13-4-2)22(28)16-8-10-18(11-9-16)23-21(27)17-6-5-7-19(14-17)29-15-20(25)26/h5-11,14H,3-4,12-13,15H2,1-2H3,(H,23,27)(H,25,26). The molecule has 2 rings (SSSR count). The Morgan fingerprint density at radius 2 is 1.62 bits per heavy atom. The van der Waals surface area contributed by atoms with Gasteiger partial charge < -0.3 is 20.1 Å². The van der Waals surface area contributed by atoms with Crippen LogP contribution in [-0.4, -0.2) is 47.5 Å². The van der Waals surface area contributed by atoms with Gasteiger partial charge in [0.2, 0.25) is 0 Å². The molecule has 2 amide bonds. The number of hydrogen-bond acceptors (Lipinski definition) is 4. The van der Waals surface area contributed by atoms with Crippen LogP contribution in [0.4, 0.5) is 5.69 Å². The van der Waals surface area contributed by atoms with E-state index in [1.807, 2.05) is 18.7 Å². The fourth-order valence-corrected chi connectivity index (χ4v) is 2.81. The molecule has 0 saturated carbocycles. The molecule has 0 saturated heterocycles. The Morgan fingerprint density at radius 1 is 0.966 bits per heavy atom. The predicted octanol–water partition coefficient (Wildman–Crippen LogP) is 3.66. The van der Waals surface area contributed by atoms with Crippen LogP contribution in [0.1, 0.15) is 47.4 Å². The van der Waals surface area contributed by atoms with Gasteiger partial charge in [0.05, 0.1) is 0 Å². The molecule has 7 nitrogen and oxygen atoms in total. The number of carbonyl (C=O) groups is 3. The number of carbonyl (C=O) groups excluding carboxylic acids is 2. The zero-order chi connectivity index (χ0) is 21.2. The zero-order valence-electron chi connectivity index (χ0n) is 16.7. The Bertz CT molecular complexity index is 843. The van der Waals surface area contributed by atoms with E-state index in [4.69, 9.17) is 9.84 Å². The van der Waals surface area contributed by atoms with Crippen molar-refractivity contribution in [1.29, 1.82) is 0 Å². The summed E-state index contributed by atoms with van der Waals surface area (Å²) in [5.41, 5.74) is 1.47. The number of hydrogen-bond donors (Lipinski definition) is 2.